The zero-order valence-corrected chi connectivity index (χ0v) is 17.7. The predicted molar refractivity (Wildman–Crippen MR) is 116 cm³/mol. The molecule has 3 aromatic rings. The number of amides is 1. The highest BCUT2D eigenvalue weighted by atomic mass is 32.1. The molecule has 0 radical (unpaired) electrons. The van der Waals surface area contributed by atoms with Crippen LogP contribution in [0.4, 0.5) is 4.39 Å². The molecule has 7 heteroatoms. The van der Waals surface area contributed by atoms with E-state index >= 15 is 0 Å². The molecule has 4 rings (SSSR count). The Bertz CT molecular complexity index is 988. The Kier molecular flexibility index (Phi) is 6.40. The maximum absolute atomic E-state index is 13.1. The summed E-state index contributed by atoms with van der Waals surface area (Å²) in [5.74, 6) is 0.555. The summed E-state index contributed by atoms with van der Waals surface area (Å²) in [4.78, 5) is 21.8. The van der Waals surface area contributed by atoms with Crippen molar-refractivity contribution in [1.82, 2.24) is 14.8 Å². The number of carbonyl (C=O) groups excluding carboxylic acids is 1. The number of benzene rings is 2. The fraction of sp³-hybridized carbons (Fsp3) is 0.304. The first-order valence-corrected chi connectivity index (χ1v) is 10.9. The smallest absolute Gasteiger partial charge is 0.273 e. The van der Waals surface area contributed by atoms with Crippen LogP contribution in [0.3, 0.4) is 0 Å². The number of carbonyl (C=O) groups is 1. The Labute approximate surface area is 179 Å². The highest BCUT2D eigenvalue weighted by molar-refractivity contribution is 7.13. The lowest BCUT2D eigenvalue weighted by molar-refractivity contribution is 0.0756. The Morgan fingerprint density at radius 1 is 1.07 bits per heavy atom. The van der Waals surface area contributed by atoms with Gasteiger partial charge in [-0.05, 0) is 48.4 Å². The lowest BCUT2D eigenvalue weighted by Crippen LogP contribution is -2.35. The molecular formula is C23H24FN3O2S. The van der Waals surface area contributed by atoms with E-state index in [4.69, 9.17) is 4.74 Å². The molecule has 5 nitrogen and oxygen atoms in total. The minimum absolute atomic E-state index is 0.0188. The molecule has 1 aromatic heterocycles. The van der Waals surface area contributed by atoms with Crippen LogP contribution in [0.5, 0.6) is 5.75 Å². The quantitative estimate of drug-likeness (QED) is 0.611. The normalized spacial score (nSPS) is 15.1. The minimum atomic E-state index is -0.219. The topological polar surface area (TPSA) is 45.7 Å². The Morgan fingerprint density at radius 3 is 2.57 bits per heavy atom. The van der Waals surface area contributed by atoms with Gasteiger partial charge in [-0.3, -0.25) is 9.69 Å². The van der Waals surface area contributed by atoms with Gasteiger partial charge in [0.25, 0.3) is 5.91 Å². The zero-order valence-electron chi connectivity index (χ0n) is 16.9. The highest BCUT2D eigenvalue weighted by Gasteiger charge is 2.22. The Morgan fingerprint density at radius 2 is 1.83 bits per heavy atom. The summed E-state index contributed by atoms with van der Waals surface area (Å²) in [6.07, 6.45) is 0.905. The molecular weight excluding hydrogens is 401 g/mol. The fourth-order valence-corrected chi connectivity index (χ4v) is 4.38. The largest absolute Gasteiger partial charge is 0.497 e. The SMILES string of the molecule is COc1ccc(-c2nc(C(=O)N3CCCN(Cc4ccc(F)cc4)CC3)cs2)cc1. The number of methoxy groups -OCH3 is 1. The van der Waals surface area contributed by atoms with Crippen molar-refractivity contribution in [2.24, 2.45) is 0 Å². The summed E-state index contributed by atoms with van der Waals surface area (Å²) in [6.45, 7) is 3.85. The number of nitrogens with zero attached hydrogens (tertiary/aromatic N) is 3. The number of rotatable bonds is 5. The van der Waals surface area contributed by atoms with E-state index in [-0.39, 0.29) is 11.7 Å². The van der Waals surface area contributed by atoms with Crippen LogP contribution in [0.15, 0.2) is 53.9 Å². The highest BCUT2D eigenvalue weighted by Crippen LogP contribution is 2.26. The number of hydrogen-bond donors (Lipinski definition) is 0. The van der Waals surface area contributed by atoms with E-state index < -0.39 is 0 Å². The number of halogens is 1. The van der Waals surface area contributed by atoms with Gasteiger partial charge in [0.15, 0.2) is 0 Å². The van der Waals surface area contributed by atoms with Crippen molar-refractivity contribution in [1.29, 1.82) is 0 Å². The number of hydrogen-bond acceptors (Lipinski definition) is 5. The summed E-state index contributed by atoms with van der Waals surface area (Å²) < 4.78 is 18.3. The molecule has 2 aromatic carbocycles. The molecule has 1 fully saturated rings. The summed E-state index contributed by atoms with van der Waals surface area (Å²) in [7, 11) is 1.64. The molecule has 0 atom stereocenters. The van der Waals surface area contributed by atoms with Gasteiger partial charge in [-0.25, -0.2) is 9.37 Å². The van der Waals surface area contributed by atoms with E-state index in [1.54, 1.807) is 7.11 Å². The van der Waals surface area contributed by atoms with Crippen LogP contribution in [0.2, 0.25) is 0 Å². The van der Waals surface area contributed by atoms with Crippen molar-refractivity contribution in [2.75, 3.05) is 33.3 Å². The third-order valence-corrected chi connectivity index (χ3v) is 6.15. The molecule has 1 aliphatic heterocycles. The van der Waals surface area contributed by atoms with Crippen LogP contribution < -0.4 is 4.74 Å². The lowest BCUT2D eigenvalue weighted by atomic mass is 10.2. The van der Waals surface area contributed by atoms with Gasteiger partial charge in [-0.1, -0.05) is 12.1 Å². The zero-order chi connectivity index (χ0) is 20.9. The summed E-state index contributed by atoms with van der Waals surface area (Å²) in [5, 5.41) is 2.66. The van der Waals surface area contributed by atoms with Crippen LogP contribution in [0.1, 0.15) is 22.5 Å². The second kappa shape index (κ2) is 9.36. The second-order valence-electron chi connectivity index (χ2n) is 7.31. The van der Waals surface area contributed by atoms with Gasteiger partial charge in [0.05, 0.1) is 7.11 Å². The average Bonchev–Trinajstić information content (AvgIpc) is 3.16. The standard InChI is InChI=1S/C23H24FN3O2S/c1-29-20-9-5-18(6-10-20)22-25-21(16-30-22)23(28)27-12-2-11-26(13-14-27)15-17-3-7-19(24)8-4-17/h3-10,16H,2,11-15H2,1H3. The van der Waals surface area contributed by atoms with Gasteiger partial charge in [0, 0.05) is 43.7 Å². The van der Waals surface area contributed by atoms with Crippen LogP contribution in [0.25, 0.3) is 10.6 Å². The average molecular weight is 426 g/mol. The molecule has 0 bridgehead atoms. The van der Waals surface area contributed by atoms with Crippen LogP contribution in [0, 0.1) is 5.82 Å². The van der Waals surface area contributed by atoms with Crippen molar-refractivity contribution in [2.45, 2.75) is 13.0 Å². The van der Waals surface area contributed by atoms with E-state index in [1.807, 2.05) is 46.7 Å². The summed E-state index contributed by atoms with van der Waals surface area (Å²) >= 11 is 1.48. The molecule has 2 heterocycles. The first-order chi connectivity index (χ1) is 14.6. The second-order valence-corrected chi connectivity index (χ2v) is 8.17. The molecule has 30 heavy (non-hydrogen) atoms. The van der Waals surface area contributed by atoms with Gasteiger partial charge in [-0.2, -0.15) is 0 Å². The van der Waals surface area contributed by atoms with Crippen LogP contribution in [-0.2, 0) is 6.54 Å². The molecule has 0 spiro atoms. The van der Waals surface area contributed by atoms with E-state index in [0.717, 1.165) is 47.9 Å². The van der Waals surface area contributed by atoms with E-state index in [9.17, 15) is 9.18 Å². The molecule has 0 aliphatic carbocycles. The number of thiazole rings is 1. The third kappa shape index (κ3) is 4.86. The van der Waals surface area contributed by atoms with Crippen LogP contribution in [-0.4, -0.2) is 54.0 Å². The van der Waals surface area contributed by atoms with Gasteiger partial charge < -0.3 is 9.64 Å². The molecule has 0 N–H and O–H groups in total. The van der Waals surface area contributed by atoms with E-state index in [1.165, 1.54) is 23.5 Å². The monoisotopic (exact) mass is 425 g/mol. The van der Waals surface area contributed by atoms with Crippen molar-refractivity contribution < 1.29 is 13.9 Å². The number of ether oxygens (including phenoxy) is 1. The summed E-state index contributed by atoms with van der Waals surface area (Å²) in [6, 6.07) is 14.3. The van der Waals surface area contributed by atoms with Crippen molar-refractivity contribution >= 4 is 17.2 Å². The van der Waals surface area contributed by atoms with Gasteiger partial charge in [0.1, 0.15) is 22.3 Å². The predicted octanol–water partition coefficient (Wildman–Crippen LogP) is 4.31. The molecule has 1 aliphatic rings. The molecule has 156 valence electrons. The first-order valence-electron chi connectivity index (χ1n) is 9.98. The molecule has 1 amide bonds. The lowest BCUT2D eigenvalue weighted by Gasteiger charge is -2.21. The van der Waals surface area contributed by atoms with Gasteiger partial charge >= 0.3 is 0 Å². The maximum atomic E-state index is 13.1. The van der Waals surface area contributed by atoms with Crippen molar-refractivity contribution in [3.8, 4) is 16.3 Å². The fourth-order valence-electron chi connectivity index (χ4n) is 3.58. The third-order valence-electron chi connectivity index (χ3n) is 5.26. The Balaban J connectivity index is 1.37. The van der Waals surface area contributed by atoms with Gasteiger partial charge in [0.2, 0.25) is 0 Å². The Hall–Kier alpha value is -2.77. The molecule has 0 saturated carbocycles. The maximum Gasteiger partial charge on any atom is 0.273 e. The minimum Gasteiger partial charge on any atom is -0.497 e. The van der Waals surface area contributed by atoms with Crippen molar-refractivity contribution in [3.05, 3.63) is 71.0 Å². The van der Waals surface area contributed by atoms with E-state index in [2.05, 4.69) is 9.88 Å². The van der Waals surface area contributed by atoms with Crippen LogP contribution >= 0.6 is 11.3 Å². The first kappa shape index (κ1) is 20.5. The summed E-state index contributed by atoms with van der Waals surface area (Å²) in [5.41, 5.74) is 2.55. The van der Waals surface area contributed by atoms with E-state index in [0.29, 0.717) is 18.8 Å². The molecule has 1 saturated heterocycles. The number of aromatic nitrogens is 1. The molecule has 0 unspecified atom stereocenters. The van der Waals surface area contributed by atoms with Crippen molar-refractivity contribution in [3.63, 3.8) is 0 Å². The van der Waals surface area contributed by atoms with Gasteiger partial charge in [-0.15, -0.1) is 11.3 Å².